The molecular formula is C20H28N2O4. The quantitative estimate of drug-likeness (QED) is 0.496. The average Bonchev–Trinajstić information content (AvgIpc) is 2.66. The lowest BCUT2D eigenvalue weighted by molar-refractivity contribution is -0.125. The van der Waals surface area contributed by atoms with Crippen molar-refractivity contribution < 1.29 is 19.1 Å². The fourth-order valence-corrected chi connectivity index (χ4v) is 2.81. The first-order valence-corrected chi connectivity index (χ1v) is 9.40. The zero-order chi connectivity index (χ0) is 18.8. The van der Waals surface area contributed by atoms with Gasteiger partial charge in [0.05, 0.1) is 6.61 Å². The van der Waals surface area contributed by atoms with E-state index >= 15 is 0 Å². The van der Waals surface area contributed by atoms with E-state index in [0.717, 1.165) is 25.0 Å². The molecule has 0 bridgehead atoms. The highest BCUT2D eigenvalue weighted by Crippen LogP contribution is 2.15. The molecule has 0 spiro atoms. The summed E-state index contributed by atoms with van der Waals surface area (Å²) in [5.41, 5.74) is 0.587. The van der Waals surface area contributed by atoms with Crippen molar-refractivity contribution in [3.63, 3.8) is 0 Å². The summed E-state index contributed by atoms with van der Waals surface area (Å²) in [5, 5.41) is 5.59. The fraction of sp³-hybridized carbons (Fsp3) is 0.550. The predicted molar refractivity (Wildman–Crippen MR) is 99.2 cm³/mol. The molecule has 1 heterocycles. The van der Waals surface area contributed by atoms with Crippen molar-refractivity contribution in [3.05, 3.63) is 29.8 Å². The molecule has 0 radical (unpaired) electrons. The number of benzene rings is 1. The van der Waals surface area contributed by atoms with Crippen LogP contribution in [0.5, 0.6) is 5.75 Å². The highest BCUT2D eigenvalue weighted by Gasteiger charge is 2.19. The second-order valence-electron chi connectivity index (χ2n) is 6.61. The molecule has 142 valence electrons. The normalized spacial score (nSPS) is 16.7. The zero-order valence-corrected chi connectivity index (χ0v) is 15.4. The molecular weight excluding hydrogens is 332 g/mol. The third-order valence-corrected chi connectivity index (χ3v) is 4.40. The molecule has 1 aliphatic heterocycles. The molecule has 0 aromatic heterocycles. The van der Waals surface area contributed by atoms with E-state index in [1.54, 1.807) is 24.3 Å². The molecule has 1 saturated heterocycles. The van der Waals surface area contributed by atoms with Crippen molar-refractivity contribution in [1.82, 2.24) is 10.6 Å². The standard InChI is InChI=1S/C20H28N2O4/c1-2-3-4-13-26-17-8-5-15(6-9-17)18(23)10-12-20(25)22-16-7-11-19(24)21-14-16/h5-6,8-9,16H,2-4,7,10-14H2,1H3,(H,21,24)(H,22,25). The van der Waals surface area contributed by atoms with Gasteiger partial charge in [0, 0.05) is 37.4 Å². The SMILES string of the molecule is CCCCCOc1ccc(C(=O)CCC(=O)NC2CCC(=O)NC2)cc1. The first kappa shape index (κ1) is 19.9. The van der Waals surface area contributed by atoms with Crippen LogP contribution in [-0.4, -0.2) is 36.8 Å². The van der Waals surface area contributed by atoms with Crippen LogP contribution in [-0.2, 0) is 9.59 Å². The summed E-state index contributed by atoms with van der Waals surface area (Å²) in [7, 11) is 0. The summed E-state index contributed by atoms with van der Waals surface area (Å²) in [6.45, 7) is 3.29. The monoisotopic (exact) mass is 360 g/mol. The second-order valence-corrected chi connectivity index (χ2v) is 6.61. The molecule has 1 aromatic carbocycles. The van der Waals surface area contributed by atoms with Crippen molar-refractivity contribution in [2.24, 2.45) is 0 Å². The van der Waals surface area contributed by atoms with Gasteiger partial charge in [-0.1, -0.05) is 19.8 Å². The molecule has 1 unspecified atom stereocenters. The number of amides is 2. The molecule has 2 N–H and O–H groups in total. The van der Waals surface area contributed by atoms with E-state index in [2.05, 4.69) is 17.6 Å². The number of rotatable bonds is 10. The summed E-state index contributed by atoms with van der Waals surface area (Å²) in [5.74, 6) is 0.559. The van der Waals surface area contributed by atoms with Gasteiger partial charge in [-0.3, -0.25) is 14.4 Å². The number of Topliss-reactive ketones (excluding diaryl/α,β-unsaturated/α-hetero) is 1. The first-order valence-electron chi connectivity index (χ1n) is 9.40. The van der Waals surface area contributed by atoms with Crippen molar-refractivity contribution in [1.29, 1.82) is 0 Å². The molecule has 2 amide bonds. The lowest BCUT2D eigenvalue weighted by Crippen LogP contribution is -2.47. The summed E-state index contributed by atoms with van der Waals surface area (Å²) < 4.78 is 5.63. The van der Waals surface area contributed by atoms with E-state index in [-0.39, 0.29) is 36.5 Å². The number of ether oxygens (including phenoxy) is 1. The van der Waals surface area contributed by atoms with Gasteiger partial charge in [0.2, 0.25) is 11.8 Å². The fourth-order valence-electron chi connectivity index (χ4n) is 2.81. The number of carbonyl (C=O) groups is 3. The van der Waals surface area contributed by atoms with E-state index in [1.165, 1.54) is 0 Å². The Labute approximate surface area is 154 Å². The predicted octanol–water partition coefficient (Wildman–Crippen LogP) is 2.61. The minimum atomic E-state index is -0.157. The van der Waals surface area contributed by atoms with Crippen LogP contribution >= 0.6 is 0 Å². The Morgan fingerprint density at radius 2 is 1.96 bits per heavy atom. The molecule has 1 atom stereocenters. The minimum absolute atomic E-state index is 0.0171. The highest BCUT2D eigenvalue weighted by molar-refractivity contribution is 5.98. The third kappa shape index (κ3) is 6.86. The number of nitrogens with one attached hydrogen (secondary N) is 2. The Bertz CT molecular complexity index is 603. The van der Waals surface area contributed by atoms with E-state index < -0.39 is 0 Å². The molecule has 6 nitrogen and oxygen atoms in total. The number of unbranched alkanes of at least 4 members (excludes halogenated alkanes) is 2. The van der Waals surface area contributed by atoms with Crippen LogP contribution < -0.4 is 15.4 Å². The Hall–Kier alpha value is -2.37. The Balaban J connectivity index is 1.70. The van der Waals surface area contributed by atoms with Crippen LogP contribution in [0.1, 0.15) is 62.2 Å². The number of hydrogen-bond acceptors (Lipinski definition) is 4. The largest absolute Gasteiger partial charge is 0.494 e. The molecule has 26 heavy (non-hydrogen) atoms. The van der Waals surface area contributed by atoms with E-state index in [9.17, 15) is 14.4 Å². The molecule has 6 heteroatoms. The lowest BCUT2D eigenvalue weighted by atomic mass is 10.0. The summed E-state index contributed by atoms with van der Waals surface area (Å²) in [4.78, 5) is 35.3. The Kier molecular flexibility index (Phi) is 8.12. The number of hydrogen-bond donors (Lipinski definition) is 2. The van der Waals surface area contributed by atoms with Crippen LogP contribution in [0.25, 0.3) is 0 Å². The van der Waals surface area contributed by atoms with Crippen LogP contribution in [0.3, 0.4) is 0 Å². The molecule has 1 aromatic rings. The van der Waals surface area contributed by atoms with Gasteiger partial charge in [0.25, 0.3) is 0 Å². The van der Waals surface area contributed by atoms with Gasteiger partial charge in [-0.2, -0.15) is 0 Å². The van der Waals surface area contributed by atoms with Gasteiger partial charge in [-0.15, -0.1) is 0 Å². The van der Waals surface area contributed by atoms with Gasteiger partial charge in [-0.05, 0) is 37.1 Å². The topological polar surface area (TPSA) is 84.5 Å². The highest BCUT2D eigenvalue weighted by atomic mass is 16.5. The van der Waals surface area contributed by atoms with Crippen molar-refractivity contribution in [2.75, 3.05) is 13.2 Å². The Morgan fingerprint density at radius 1 is 1.19 bits per heavy atom. The van der Waals surface area contributed by atoms with E-state index in [4.69, 9.17) is 4.74 Å². The average molecular weight is 360 g/mol. The zero-order valence-electron chi connectivity index (χ0n) is 15.4. The summed E-state index contributed by atoms with van der Waals surface area (Å²) in [6, 6.07) is 7.03. The molecule has 0 saturated carbocycles. The second kappa shape index (κ2) is 10.6. The summed E-state index contributed by atoms with van der Waals surface area (Å²) in [6.07, 6.45) is 4.71. The van der Waals surface area contributed by atoms with Crippen LogP contribution in [0.4, 0.5) is 0 Å². The summed E-state index contributed by atoms with van der Waals surface area (Å²) >= 11 is 0. The number of carbonyl (C=O) groups excluding carboxylic acids is 3. The Morgan fingerprint density at radius 3 is 2.62 bits per heavy atom. The first-order chi connectivity index (χ1) is 12.6. The molecule has 0 aliphatic carbocycles. The molecule has 1 aliphatic rings. The maximum absolute atomic E-state index is 12.2. The van der Waals surface area contributed by atoms with Gasteiger partial charge < -0.3 is 15.4 Å². The van der Waals surface area contributed by atoms with Crippen molar-refractivity contribution in [3.8, 4) is 5.75 Å². The van der Waals surface area contributed by atoms with Crippen molar-refractivity contribution >= 4 is 17.6 Å². The van der Waals surface area contributed by atoms with E-state index in [0.29, 0.717) is 31.6 Å². The minimum Gasteiger partial charge on any atom is -0.494 e. The van der Waals surface area contributed by atoms with Gasteiger partial charge >= 0.3 is 0 Å². The number of piperidine rings is 1. The molecule has 2 rings (SSSR count). The van der Waals surface area contributed by atoms with Crippen LogP contribution in [0.15, 0.2) is 24.3 Å². The van der Waals surface area contributed by atoms with Crippen LogP contribution in [0.2, 0.25) is 0 Å². The van der Waals surface area contributed by atoms with Crippen molar-refractivity contribution in [2.45, 2.75) is 57.9 Å². The smallest absolute Gasteiger partial charge is 0.220 e. The number of ketones is 1. The van der Waals surface area contributed by atoms with Crippen LogP contribution in [0, 0.1) is 0 Å². The lowest BCUT2D eigenvalue weighted by Gasteiger charge is -2.23. The molecule has 1 fully saturated rings. The van der Waals surface area contributed by atoms with Gasteiger partial charge in [0.15, 0.2) is 5.78 Å². The van der Waals surface area contributed by atoms with Gasteiger partial charge in [0.1, 0.15) is 5.75 Å². The van der Waals surface area contributed by atoms with E-state index in [1.807, 2.05) is 0 Å². The maximum atomic E-state index is 12.2. The maximum Gasteiger partial charge on any atom is 0.220 e. The third-order valence-electron chi connectivity index (χ3n) is 4.40. The van der Waals surface area contributed by atoms with Gasteiger partial charge in [-0.25, -0.2) is 0 Å².